The lowest BCUT2D eigenvalue weighted by molar-refractivity contribution is -0.385. The second kappa shape index (κ2) is 5.41. The quantitative estimate of drug-likeness (QED) is 0.630. The zero-order valence-electron chi connectivity index (χ0n) is 12.6. The Balaban J connectivity index is 2.57. The van der Waals surface area contributed by atoms with Gasteiger partial charge in [-0.15, -0.1) is 0 Å². The molecule has 0 aliphatic rings. The molecule has 0 saturated heterocycles. The highest BCUT2D eigenvalue weighted by Gasteiger charge is 2.26. The van der Waals surface area contributed by atoms with Crippen molar-refractivity contribution in [2.24, 2.45) is 7.05 Å². The molecule has 0 amide bonds. The van der Waals surface area contributed by atoms with Gasteiger partial charge in [-0.25, -0.2) is 8.42 Å². The number of hydrogen-bond acceptors (Lipinski definition) is 5. The van der Waals surface area contributed by atoms with Gasteiger partial charge in [0.15, 0.2) is 5.82 Å². The molecule has 0 saturated carbocycles. The van der Waals surface area contributed by atoms with E-state index in [9.17, 15) is 18.5 Å². The van der Waals surface area contributed by atoms with Crippen molar-refractivity contribution in [2.45, 2.75) is 18.7 Å². The van der Waals surface area contributed by atoms with Gasteiger partial charge in [-0.05, 0) is 25.5 Å². The van der Waals surface area contributed by atoms with E-state index < -0.39 is 14.9 Å². The predicted molar refractivity (Wildman–Crippen MR) is 81.4 cm³/mol. The molecule has 1 heterocycles. The SMILES string of the molecule is Cc1cc(S(=O)(=O)N(C)c2ccn(C)n2)cc([N+](=O)[O-])c1C. The number of sulfonamides is 1. The number of anilines is 1. The summed E-state index contributed by atoms with van der Waals surface area (Å²) in [4.78, 5) is 10.4. The molecule has 118 valence electrons. The first-order valence-electron chi connectivity index (χ1n) is 6.39. The Labute approximate surface area is 128 Å². The van der Waals surface area contributed by atoms with Gasteiger partial charge in [0.25, 0.3) is 15.7 Å². The van der Waals surface area contributed by atoms with Gasteiger partial charge >= 0.3 is 0 Å². The Kier molecular flexibility index (Phi) is 3.92. The van der Waals surface area contributed by atoms with Crippen molar-refractivity contribution in [3.8, 4) is 0 Å². The summed E-state index contributed by atoms with van der Waals surface area (Å²) < 4.78 is 27.7. The summed E-state index contributed by atoms with van der Waals surface area (Å²) in [6, 6.07) is 4.06. The fourth-order valence-electron chi connectivity index (χ4n) is 2.00. The van der Waals surface area contributed by atoms with Crippen molar-refractivity contribution in [1.82, 2.24) is 9.78 Å². The number of hydrogen-bond donors (Lipinski definition) is 0. The molecule has 0 unspecified atom stereocenters. The standard InChI is InChI=1S/C13H16N4O4S/c1-9-7-11(8-12(10(9)2)17(18)19)22(20,21)16(4)13-5-6-15(3)14-13/h5-8H,1-4H3. The maximum absolute atomic E-state index is 12.6. The summed E-state index contributed by atoms with van der Waals surface area (Å²) in [6.45, 7) is 3.23. The average molecular weight is 324 g/mol. The van der Waals surface area contributed by atoms with Crippen LogP contribution in [-0.4, -0.2) is 30.2 Å². The van der Waals surface area contributed by atoms with Crippen molar-refractivity contribution in [1.29, 1.82) is 0 Å². The van der Waals surface area contributed by atoms with E-state index >= 15 is 0 Å². The molecule has 1 aromatic carbocycles. The Morgan fingerprint density at radius 3 is 2.45 bits per heavy atom. The smallest absolute Gasteiger partial charge is 0.273 e. The fraction of sp³-hybridized carbons (Fsp3) is 0.308. The average Bonchev–Trinajstić information content (AvgIpc) is 2.86. The number of nitrogens with zero attached hydrogens (tertiary/aromatic N) is 4. The maximum atomic E-state index is 12.6. The van der Waals surface area contributed by atoms with Crippen molar-refractivity contribution in [2.75, 3.05) is 11.4 Å². The van der Waals surface area contributed by atoms with Crippen molar-refractivity contribution in [3.63, 3.8) is 0 Å². The van der Waals surface area contributed by atoms with E-state index in [1.54, 1.807) is 33.2 Å². The summed E-state index contributed by atoms with van der Waals surface area (Å²) in [5.41, 5.74) is 0.777. The summed E-state index contributed by atoms with van der Waals surface area (Å²) in [5, 5.41) is 15.1. The van der Waals surface area contributed by atoms with E-state index in [-0.39, 0.29) is 16.4 Å². The van der Waals surface area contributed by atoms with E-state index in [0.717, 1.165) is 10.4 Å². The van der Waals surface area contributed by atoms with Crippen molar-refractivity contribution in [3.05, 3.63) is 45.6 Å². The third-order valence-electron chi connectivity index (χ3n) is 3.49. The largest absolute Gasteiger partial charge is 0.274 e. The minimum atomic E-state index is -3.92. The van der Waals surface area contributed by atoms with E-state index in [0.29, 0.717) is 11.1 Å². The Hall–Kier alpha value is -2.42. The molecule has 0 N–H and O–H groups in total. The van der Waals surface area contributed by atoms with Gasteiger partial charge in [0.05, 0.1) is 9.82 Å². The zero-order valence-corrected chi connectivity index (χ0v) is 13.5. The van der Waals surface area contributed by atoms with Crippen LogP contribution in [0.1, 0.15) is 11.1 Å². The lowest BCUT2D eigenvalue weighted by Crippen LogP contribution is -2.27. The molecule has 0 aliphatic carbocycles. The lowest BCUT2D eigenvalue weighted by atomic mass is 10.1. The predicted octanol–water partition coefficient (Wildman–Crippen LogP) is 1.77. The molecular weight excluding hydrogens is 308 g/mol. The van der Waals surface area contributed by atoms with E-state index in [4.69, 9.17) is 0 Å². The zero-order chi connectivity index (χ0) is 16.7. The number of aryl methyl sites for hydroxylation is 2. The van der Waals surface area contributed by atoms with E-state index in [1.807, 2.05) is 0 Å². The molecule has 0 fully saturated rings. The summed E-state index contributed by atoms with van der Waals surface area (Å²) in [7, 11) is -0.890. The van der Waals surface area contributed by atoms with Gasteiger partial charge in [0.1, 0.15) is 0 Å². The van der Waals surface area contributed by atoms with Crippen LogP contribution in [-0.2, 0) is 17.1 Å². The lowest BCUT2D eigenvalue weighted by Gasteiger charge is -2.17. The molecule has 0 bridgehead atoms. The molecule has 0 aliphatic heterocycles. The normalized spacial score (nSPS) is 11.5. The van der Waals surface area contributed by atoms with Gasteiger partial charge in [0, 0.05) is 38.0 Å². The summed E-state index contributed by atoms with van der Waals surface area (Å²) in [5.74, 6) is 0.239. The monoisotopic (exact) mass is 324 g/mol. The topological polar surface area (TPSA) is 98.3 Å². The first-order chi connectivity index (χ1) is 10.1. The molecule has 0 spiro atoms. The van der Waals surface area contributed by atoms with Crippen LogP contribution in [0.3, 0.4) is 0 Å². The third-order valence-corrected chi connectivity index (χ3v) is 5.23. The number of aromatic nitrogens is 2. The van der Waals surface area contributed by atoms with Crippen molar-refractivity contribution >= 4 is 21.5 Å². The van der Waals surface area contributed by atoms with Gasteiger partial charge in [-0.1, -0.05) is 0 Å². The molecule has 8 nitrogen and oxygen atoms in total. The number of nitro benzene ring substituents is 1. The maximum Gasteiger partial charge on any atom is 0.273 e. The van der Waals surface area contributed by atoms with Crippen LogP contribution in [0.4, 0.5) is 11.5 Å². The van der Waals surface area contributed by atoms with Gasteiger partial charge < -0.3 is 0 Å². The summed E-state index contributed by atoms with van der Waals surface area (Å²) >= 11 is 0. The molecule has 2 rings (SSSR count). The minimum Gasteiger partial charge on any atom is -0.274 e. The van der Waals surface area contributed by atoms with Gasteiger partial charge in [-0.2, -0.15) is 5.10 Å². The second-order valence-electron chi connectivity index (χ2n) is 4.96. The fourth-order valence-corrected chi connectivity index (χ4v) is 3.25. The van der Waals surface area contributed by atoms with Crippen LogP contribution < -0.4 is 4.31 Å². The number of benzene rings is 1. The van der Waals surface area contributed by atoms with E-state index in [2.05, 4.69) is 5.10 Å². The molecule has 22 heavy (non-hydrogen) atoms. The molecule has 2 aromatic rings. The van der Waals surface area contributed by atoms with Crippen LogP contribution in [0.5, 0.6) is 0 Å². The minimum absolute atomic E-state index is 0.129. The van der Waals surface area contributed by atoms with Crippen LogP contribution in [0.25, 0.3) is 0 Å². The molecule has 1 aromatic heterocycles. The van der Waals surface area contributed by atoms with Crippen LogP contribution >= 0.6 is 0 Å². The van der Waals surface area contributed by atoms with Crippen LogP contribution in [0, 0.1) is 24.0 Å². The molecule has 0 radical (unpaired) electrons. The molecular formula is C13H16N4O4S. The van der Waals surface area contributed by atoms with Crippen LogP contribution in [0.2, 0.25) is 0 Å². The number of rotatable bonds is 4. The van der Waals surface area contributed by atoms with Gasteiger partial charge in [-0.3, -0.25) is 19.1 Å². The first kappa shape index (κ1) is 16.0. The Bertz CT molecular complexity index is 842. The van der Waals surface area contributed by atoms with Gasteiger partial charge in [0.2, 0.25) is 0 Å². The Morgan fingerprint density at radius 1 is 1.32 bits per heavy atom. The molecule has 0 atom stereocenters. The van der Waals surface area contributed by atoms with E-state index in [1.165, 1.54) is 17.8 Å². The van der Waals surface area contributed by atoms with Crippen LogP contribution in [0.15, 0.2) is 29.3 Å². The van der Waals surface area contributed by atoms with Crippen molar-refractivity contribution < 1.29 is 13.3 Å². The number of nitro groups is 1. The highest BCUT2D eigenvalue weighted by Crippen LogP contribution is 2.28. The second-order valence-corrected chi connectivity index (χ2v) is 6.93. The highest BCUT2D eigenvalue weighted by atomic mass is 32.2. The third kappa shape index (κ3) is 2.67. The molecule has 9 heteroatoms. The summed E-state index contributed by atoms with van der Waals surface area (Å²) in [6.07, 6.45) is 1.62. The first-order valence-corrected chi connectivity index (χ1v) is 7.83. The highest BCUT2D eigenvalue weighted by molar-refractivity contribution is 7.92. The Morgan fingerprint density at radius 2 is 1.95 bits per heavy atom.